The molecule has 0 aliphatic carbocycles. The predicted octanol–water partition coefficient (Wildman–Crippen LogP) is 12.9. The molecule has 0 amide bonds. The van der Waals surface area contributed by atoms with Gasteiger partial charge in [-0.1, -0.05) is 121 Å². The minimum Gasteiger partial charge on any atom is -0.356 e. The fourth-order valence-corrected chi connectivity index (χ4v) is 8.71. The summed E-state index contributed by atoms with van der Waals surface area (Å²) in [7, 11) is 0. The normalized spacial score (nSPS) is 11.8. The molecular weight excluding hydrogens is 589 g/mol. The summed E-state index contributed by atoms with van der Waals surface area (Å²) < 4.78 is 5.17. The van der Waals surface area contributed by atoms with E-state index >= 15 is 0 Å². The maximum Gasteiger partial charge on any atom is 0.0726 e. The van der Waals surface area contributed by atoms with E-state index in [1.54, 1.807) is 0 Å². The Morgan fingerprint density at radius 3 is 1.91 bits per heavy atom. The molecule has 0 spiro atoms. The number of thiophene rings is 1. The lowest BCUT2D eigenvalue weighted by Crippen LogP contribution is -1.96. The Balaban J connectivity index is 1.27. The zero-order chi connectivity index (χ0) is 30.9. The average Bonchev–Trinajstić information content (AvgIpc) is 3.69. The first kappa shape index (κ1) is 26.3. The number of rotatable bonds is 4. The Hall–Kier alpha value is -5.90. The van der Waals surface area contributed by atoms with Crippen LogP contribution in [0.2, 0.25) is 0 Å². The van der Waals surface area contributed by atoms with Gasteiger partial charge in [0.15, 0.2) is 0 Å². The van der Waals surface area contributed by atoms with Gasteiger partial charge in [-0.2, -0.15) is 0 Å². The van der Waals surface area contributed by atoms with Gasteiger partial charge in [0.05, 0.1) is 21.4 Å². The third kappa shape index (κ3) is 4.04. The molecular formula is C44H28N2S. The van der Waals surface area contributed by atoms with E-state index in [1.165, 1.54) is 80.3 Å². The van der Waals surface area contributed by atoms with E-state index in [0.29, 0.717) is 0 Å². The fraction of sp³-hybridized carbons (Fsp3) is 0. The highest BCUT2D eigenvalue weighted by Gasteiger charge is 2.22. The molecule has 0 aliphatic rings. The van der Waals surface area contributed by atoms with E-state index in [1.807, 2.05) is 11.3 Å². The van der Waals surface area contributed by atoms with Gasteiger partial charge in [0, 0.05) is 43.0 Å². The molecule has 2 nitrogen and oxygen atoms in total. The van der Waals surface area contributed by atoms with Crippen molar-refractivity contribution in [3.05, 3.63) is 164 Å². The van der Waals surface area contributed by atoms with Gasteiger partial charge < -0.3 is 9.88 Å². The first-order valence-corrected chi connectivity index (χ1v) is 16.8. The maximum atomic E-state index is 3.72. The molecule has 2 aromatic heterocycles. The van der Waals surface area contributed by atoms with Crippen LogP contribution in [0.4, 0.5) is 11.4 Å². The van der Waals surface area contributed by atoms with Crippen LogP contribution in [0.3, 0.4) is 0 Å². The van der Waals surface area contributed by atoms with Crippen molar-refractivity contribution in [1.82, 2.24) is 4.57 Å². The van der Waals surface area contributed by atoms with Crippen LogP contribution in [0.5, 0.6) is 0 Å². The first-order chi connectivity index (χ1) is 23.3. The van der Waals surface area contributed by atoms with Crippen molar-refractivity contribution in [2.75, 3.05) is 5.32 Å². The van der Waals surface area contributed by atoms with Crippen LogP contribution in [0, 0.1) is 0 Å². The van der Waals surface area contributed by atoms with Gasteiger partial charge in [-0.05, 0) is 69.8 Å². The van der Waals surface area contributed by atoms with Gasteiger partial charge in [0.1, 0.15) is 0 Å². The number of nitrogens with one attached hydrogen (secondary N) is 1. The largest absolute Gasteiger partial charge is 0.356 e. The average molecular weight is 617 g/mol. The number of fused-ring (bicyclic) bond motifs is 11. The van der Waals surface area contributed by atoms with E-state index in [0.717, 1.165) is 11.4 Å². The molecule has 8 aromatic carbocycles. The Kier molecular flexibility index (Phi) is 5.78. The molecule has 0 bridgehead atoms. The molecule has 0 aliphatic heterocycles. The zero-order valence-electron chi connectivity index (χ0n) is 25.4. The quantitative estimate of drug-likeness (QED) is 0.208. The molecule has 0 radical (unpaired) electrons. The van der Waals surface area contributed by atoms with Crippen LogP contribution in [0.15, 0.2) is 164 Å². The van der Waals surface area contributed by atoms with Crippen molar-refractivity contribution in [3.63, 3.8) is 0 Å². The smallest absolute Gasteiger partial charge is 0.0726 e. The third-order valence-electron chi connectivity index (χ3n) is 9.53. The minimum absolute atomic E-state index is 1.07. The summed E-state index contributed by atoms with van der Waals surface area (Å²) in [6, 6.07) is 59.3. The summed E-state index contributed by atoms with van der Waals surface area (Å²) in [6.45, 7) is 0. The second-order valence-corrected chi connectivity index (χ2v) is 13.3. The van der Waals surface area contributed by atoms with E-state index in [-0.39, 0.29) is 0 Å². The van der Waals surface area contributed by atoms with Crippen LogP contribution >= 0.6 is 11.3 Å². The SMILES string of the molecule is c1ccc(-c2ccc(Nc3ccc4c(c3)c3c5ccccc5c5c6ccccc6sc5c3n4-c3cccc4ccccc34)cc2)cc1. The molecule has 220 valence electrons. The highest BCUT2D eigenvalue weighted by molar-refractivity contribution is 7.27. The summed E-state index contributed by atoms with van der Waals surface area (Å²) in [4.78, 5) is 0. The molecule has 10 rings (SSSR count). The monoisotopic (exact) mass is 616 g/mol. The lowest BCUT2D eigenvalue weighted by molar-refractivity contribution is 1.21. The van der Waals surface area contributed by atoms with Crippen LogP contribution in [0.25, 0.3) is 80.3 Å². The number of anilines is 2. The van der Waals surface area contributed by atoms with Gasteiger partial charge in [0.25, 0.3) is 0 Å². The zero-order valence-corrected chi connectivity index (χ0v) is 26.3. The number of hydrogen-bond acceptors (Lipinski definition) is 2. The van der Waals surface area contributed by atoms with Gasteiger partial charge in [-0.25, -0.2) is 0 Å². The van der Waals surface area contributed by atoms with Gasteiger partial charge in [-0.3, -0.25) is 0 Å². The highest BCUT2D eigenvalue weighted by Crippen LogP contribution is 2.48. The van der Waals surface area contributed by atoms with E-state index in [2.05, 4.69) is 174 Å². The van der Waals surface area contributed by atoms with Crippen LogP contribution < -0.4 is 5.32 Å². The molecule has 47 heavy (non-hydrogen) atoms. The molecule has 0 saturated heterocycles. The van der Waals surface area contributed by atoms with Crippen molar-refractivity contribution in [1.29, 1.82) is 0 Å². The second kappa shape index (κ2) is 10.3. The molecule has 0 unspecified atom stereocenters. The summed E-state index contributed by atoms with van der Waals surface area (Å²) in [5.41, 5.74) is 8.26. The van der Waals surface area contributed by atoms with Crippen molar-refractivity contribution in [3.8, 4) is 16.8 Å². The predicted molar refractivity (Wildman–Crippen MR) is 204 cm³/mol. The molecule has 1 N–H and O–H groups in total. The Labute approximate surface area is 275 Å². The molecule has 3 heteroatoms. The molecule has 0 fully saturated rings. The number of hydrogen-bond donors (Lipinski definition) is 1. The Morgan fingerprint density at radius 1 is 0.447 bits per heavy atom. The number of aromatic nitrogens is 1. The molecule has 0 atom stereocenters. The minimum atomic E-state index is 1.07. The topological polar surface area (TPSA) is 17.0 Å². The number of nitrogens with zero attached hydrogens (tertiary/aromatic N) is 1. The highest BCUT2D eigenvalue weighted by atomic mass is 32.1. The summed E-state index contributed by atoms with van der Waals surface area (Å²) in [5, 5.41) is 14.0. The van der Waals surface area contributed by atoms with Crippen LogP contribution in [0.1, 0.15) is 0 Å². The number of benzene rings is 8. The van der Waals surface area contributed by atoms with Gasteiger partial charge >= 0.3 is 0 Å². The summed E-state index contributed by atoms with van der Waals surface area (Å²) >= 11 is 1.91. The van der Waals surface area contributed by atoms with Crippen molar-refractivity contribution >= 4 is 86.2 Å². The Bertz CT molecular complexity index is 2800. The van der Waals surface area contributed by atoms with Gasteiger partial charge in [0.2, 0.25) is 0 Å². The Morgan fingerprint density at radius 2 is 1.09 bits per heavy atom. The molecule has 2 heterocycles. The van der Waals surface area contributed by atoms with Crippen LogP contribution in [-0.2, 0) is 0 Å². The van der Waals surface area contributed by atoms with Crippen molar-refractivity contribution in [2.45, 2.75) is 0 Å². The first-order valence-electron chi connectivity index (χ1n) is 16.0. The third-order valence-corrected chi connectivity index (χ3v) is 10.7. The standard InChI is InChI=1S/C44H28N2S/c1-2-11-28(12-3-1)29-21-23-31(24-22-29)45-32-25-26-39-37(27-32)41-34-16-6-7-17-35(34)42-36-18-8-9-20-40(36)47-44(42)43(41)46(39)38-19-10-14-30-13-4-5-15-33(30)38/h1-27,45H. The lowest BCUT2D eigenvalue weighted by Gasteiger charge is -2.13. The van der Waals surface area contributed by atoms with Gasteiger partial charge in [-0.15, -0.1) is 11.3 Å². The molecule has 10 aromatic rings. The van der Waals surface area contributed by atoms with Crippen LogP contribution in [-0.4, -0.2) is 4.57 Å². The molecule has 0 saturated carbocycles. The summed E-state index contributed by atoms with van der Waals surface area (Å²) in [5.74, 6) is 0. The van der Waals surface area contributed by atoms with Crippen molar-refractivity contribution in [2.24, 2.45) is 0 Å². The van der Waals surface area contributed by atoms with E-state index in [4.69, 9.17) is 0 Å². The fourth-order valence-electron chi connectivity index (χ4n) is 7.45. The van der Waals surface area contributed by atoms with E-state index in [9.17, 15) is 0 Å². The summed E-state index contributed by atoms with van der Waals surface area (Å²) in [6.07, 6.45) is 0. The lowest BCUT2D eigenvalue weighted by atomic mass is 9.98. The van der Waals surface area contributed by atoms with E-state index < -0.39 is 0 Å². The second-order valence-electron chi connectivity index (χ2n) is 12.2. The van der Waals surface area contributed by atoms with Crippen molar-refractivity contribution < 1.29 is 0 Å². The maximum absolute atomic E-state index is 3.72.